The molecule has 1 amide bonds. The molecule has 28 heavy (non-hydrogen) atoms. The molecule has 0 aromatic heterocycles. The monoisotopic (exact) mass is 441 g/mol. The second-order valence-corrected chi connectivity index (χ2v) is 7.04. The molecule has 0 spiro atoms. The van der Waals surface area contributed by atoms with Crippen LogP contribution < -0.4 is 21.1 Å². The maximum Gasteiger partial charge on any atom is 0.255 e. The van der Waals surface area contributed by atoms with E-state index in [4.69, 9.17) is 10.5 Å². The van der Waals surface area contributed by atoms with Gasteiger partial charge in [-0.2, -0.15) is 0 Å². The number of nitrogens with two attached hydrogens (primary N) is 1. The molecule has 0 fully saturated rings. The van der Waals surface area contributed by atoms with E-state index in [1.807, 2.05) is 24.3 Å². The molecule has 0 aliphatic heterocycles. The Morgan fingerprint density at radius 1 is 1.11 bits per heavy atom. The van der Waals surface area contributed by atoms with Crippen LogP contribution in [0.1, 0.15) is 15.9 Å². The summed E-state index contributed by atoms with van der Waals surface area (Å²) in [5.41, 5.74) is 9.28. The number of nitrogens with one attached hydrogen (secondary N) is 2. The van der Waals surface area contributed by atoms with Gasteiger partial charge in [-0.3, -0.25) is 4.79 Å². The van der Waals surface area contributed by atoms with Crippen molar-refractivity contribution in [2.75, 3.05) is 23.5 Å². The Labute approximate surface area is 171 Å². The van der Waals surface area contributed by atoms with E-state index >= 15 is 0 Å². The third-order valence-electron chi connectivity index (χ3n) is 4.15. The Bertz CT molecular complexity index is 991. The zero-order valence-electron chi connectivity index (χ0n) is 15.2. The van der Waals surface area contributed by atoms with Crippen LogP contribution in [0.25, 0.3) is 0 Å². The van der Waals surface area contributed by atoms with Gasteiger partial charge in [0.25, 0.3) is 5.91 Å². The average Bonchev–Trinajstić information content (AvgIpc) is 2.69. The molecule has 3 rings (SSSR count). The summed E-state index contributed by atoms with van der Waals surface area (Å²) in [5.74, 6) is 0.271. The van der Waals surface area contributed by atoms with Crippen molar-refractivity contribution in [2.45, 2.75) is 6.54 Å². The molecule has 0 radical (unpaired) electrons. The Balaban J connectivity index is 1.61. The van der Waals surface area contributed by atoms with Crippen molar-refractivity contribution >= 4 is 38.9 Å². The molecule has 3 aromatic rings. The fraction of sp³-hybridized carbons (Fsp3) is 0.0952. The van der Waals surface area contributed by atoms with Gasteiger partial charge < -0.3 is 26.2 Å². The molecule has 7 heteroatoms. The number of hydrogen-bond acceptors (Lipinski definition) is 5. The number of phenols is 1. The molecule has 5 N–H and O–H groups in total. The molecule has 0 aliphatic carbocycles. The molecule has 0 saturated carbocycles. The summed E-state index contributed by atoms with van der Waals surface area (Å²) >= 11 is 3.34. The first-order chi connectivity index (χ1) is 13.5. The first-order valence-electron chi connectivity index (χ1n) is 8.52. The highest BCUT2D eigenvalue weighted by atomic mass is 79.9. The predicted molar refractivity (Wildman–Crippen MR) is 115 cm³/mol. The third kappa shape index (κ3) is 4.75. The smallest absolute Gasteiger partial charge is 0.255 e. The fourth-order valence-electron chi connectivity index (χ4n) is 2.62. The number of rotatable bonds is 6. The van der Waals surface area contributed by atoms with Crippen LogP contribution in [0.15, 0.2) is 65.1 Å². The van der Waals surface area contributed by atoms with Gasteiger partial charge in [0.15, 0.2) is 11.5 Å². The van der Waals surface area contributed by atoms with Gasteiger partial charge in [-0.25, -0.2) is 0 Å². The van der Waals surface area contributed by atoms with Crippen LogP contribution in [-0.2, 0) is 6.54 Å². The second-order valence-electron chi connectivity index (χ2n) is 6.12. The number of aromatic hydroxyl groups is 1. The number of nitrogen functional groups attached to an aromatic ring is 1. The van der Waals surface area contributed by atoms with Gasteiger partial charge in [0, 0.05) is 28.3 Å². The Kier molecular flexibility index (Phi) is 6.06. The molecule has 0 heterocycles. The second kappa shape index (κ2) is 8.67. The maximum atomic E-state index is 12.4. The van der Waals surface area contributed by atoms with Crippen molar-refractivity contribution in [3.63, 3.8) is 0 Å². The highest BCUT2D eigenvalue weighted by molar-refractivity contribution is 9.10. The van der Waals surface area contributed by atoms with E-state index in [0.29, 0.717) is 29.2 Å². The maximum absolute atomic E-state index is 12.4. The number of methoxy groups -OCH3 is 1. The summed E-state index contributed by atoms with van der Waals surface area (Å²) in [6.45, 7) is 0.549. The number of anilines is 3. The fourth-order valence-corrected chi connectivity index (χ4v) is 3.00. The van der Waals surface area contributed by atoms with Crippen LogP contribution in [-0.4, -0.2) is 18.1 Å². The summed E-state index contributed by atoms with van der Waals surface area (Å²) in [6, 6.07) is 17.7. The van der Waals surface area contributed by atoms with Gasteiger partial charge in [-0.05, 0) is 48.0 Å². The quantitative estimate of drug-likeness (QED) is 0.418. The van der Waals surface area contributed by atoms with Crippen LogP contribution in [0, 0.1) is 0 Å². The topological polar surface area (TPSA) is 96.6 Å². The molecule has 0 atom stereocenters. The number of halogens is 1. The lowest BCUT2D eigenvalue weighted by Gasteiger charge is -2.11. The summed E-state index contributed by atoms with van der Waals surface area (Å²) in [7, 11) is 1.50. The molecular weight excluding hydrogens is 422 g/mol. The zero-order valence-corrected chi connectivity index (χ0v) is 16.8. The van der Waals surface area contributed by atoms with Crippen molar-refractivity contribution in [2.24, 2.45) is 0 Å². The minimum absolute atomic E-state index is 0.0757. The number of phenolic OH excluding ortho intramolecular Hbond substituents is 1. The number of ether oxygens (including phenoxy) is 1. The molecule has 0 saturated heterocycles. The largest absolute Gasteiger partial charge is 0.504 e. The van der Waals surface area contributed by atoms with E-state index < -0.39 is 0 Å². The van der Waals surface area contributed by atoms with Gasteiger partial charge in [-0.15, -0.1) is 0 Å². The lowest BCUT2D eigenvalue weighted by atomic mass is 10.1. The SMILES string of the molecule is COc1ccc(NCc2ccc(C(=O)Nc3ccc(Br)cc3N)cc2)cc1O. The molecule has 0 bridgehead atoms. The predicted octanol–water partition coefficient (Wildman–Crippen LogP) is 4.61. The normalized spacial score (nSPS) is 10.4. The minimum Gasteiger partial charge on any atom is -0.504 e. The number of benzene rings is 3. The van der Waals surface area contributed by atoms with Gasteiger partial charge in [0.2, 0.25) is 0 Å². The van der Waals surface area contributed by atoms with E-state index in [-0.39, 0.29) is 11.7 Å². The first kappa shape index (κ1) is 19.6. The van der Waals surface area contributed by atoms with Crippen LogP contribution in [0.2, 0.25) is 0 Å². The zero-order chi connectivity index (χ0) is 20.1. The number of carbonyl (C=O) groups excluding carboxylic acids is 1. The van der Waals surface area contributed by atoms with Crippen LogP contribution in [0.4, 0.5) is 17.1 Å². The highest BCUT2D eigenvalue weighted by Crippen LogP contribution is 2.28. The van der Waals surface area contributed by atoms with Crippen LogP contribution >= 0.6 is 15.9 Å². The van der Waals surface area contributed by atoms with E-state index in [0.717, 1.165) is 15.7 Å². The third-order valence-corrected chi connectivity index (χ3v) is 4.65. The van der Waals surface area contributed by atoms with Gasteiger partial charge >= 0.3 is 0 Å². The van der Waals surface area contributed by atoms with E-state index in [9.17, 15) is 9.90 Å². The van der Waals surface area contributed by atoms with Crippen molar-refractivity contribution in [3.05, 3.63) is 76.3 Å². The van der Waals surface area contributed by atoms with Crippen molar-refractivity contribution in [3.8, 4) is 11.5 Å². The molecular formula is C21H20BrN3O3. The minimum atomic E-state index is -0.228. The van der Waals surface area contributed by atoms with Gasteiger partial charge in [-0.1, -0.05) is 28.1 Å². The number of amides is 1. The Hall–Kier alpha value is -3.19. The Morgan fingerprint density at radius 2 is 1.86 bits per heavy atom. The Morgan fingerprint density at radius 3 is 2.50 bits per heavy atom. The van der Waals surface area contributed by atoms with Gasteiger partial charge in [0.05, 0.1) is 18.5 Å². The summed E-state index contributed by atoms with van der Waals surface area (Å²) in [4.78, 5) is 12.4. The highest BCUT2D eigenvalue weighted by Gasteiger charge is 2.09. The van der Waals surface area contributed by atoms with E-state index in [2.05, 4.69) is 26.6 Å². The first-order valence-corrected chi connectivity index (χ1v) is 9.32. The summed E-state index contributed by atoms with van der Waals surface area (Å²) < 4.78 is 5.88. The molecule has 6 nitrogen and oxygen atoms in total. The average molecular weight is 442 g/mol. The lowest BCUT2D eigenvalue weighted by molar-refractivity contribution is 0.102. The van der Waals surface area contributed by atoms with Crippen molar-refractivity contribution in [1.82, 2.24) is 0 Å². The number of carbonyl (C=O) groups is 1. The van der Waals surface area contributed by atoms with Crippen LogP contribution in [0.5, 0.6) is 11.5 Å². The van der Waals surface area contributed by atoms with Crippen molar-refractivity contribution in [1.29, 1.82) is 0 Å². The standard InChI is InChI=1S/C21H20BrN3O3/c1-28-20-9-7-16(11-19(20)26)24-12-13-2-4-14(5-3-13)21(27)25-18-8-6-15(22)10-17(18)23/h2-11,24,26H,12,23H2,1H3,(H,25,27). The van der Waals surface area contributed by atoms with E-state index in [1.54, 1.807) is 36.4 Å². The number of hydrogen-bond donors (Lipinski definition) is 4. The lowest BCUT2D eigenvalue weighted by Crippen LogP contribution is -2.13. The molecule has 3 aromatic carbocycles. The summed E-state index contributed by atoms with van der Waals surface area (Å²) in [6.07, 6.45) is 0. The van der Waals surface area contributed by atoms with Gasteiger partial charge in [0.1, 0.15) is 0 Å². The van der Waals surface area contributed by atoms with E-state index in [1.165, 1.54) is 7.11 Å². The summed E-state index contributed by atoms with van der Waals surface area (Å²) in [5, 5.41) is 15.8. The molecule has 0 unspecified atom stereocenters. The van der Waals surface area contributed by atoms with Crippen molar-refractivity contribution < 1.29 is 14.6 Å². The molecule has 0 aliphatic rings. The molecule has 144 valence electrons. The van der Waals surface area contributed by atoms with Crippen LogP contribution in [0.3, 0.4) is 0 Å².